The lowest BCUT2D eigenvalue weighted by Gasteiger charge is -2.22. The Morgan fingerprint density at radius 1 is 1.33 bits per heavy atom. The highest BCUT2D eigenvalue weighted by atomic mass is 16.5. The van der Waals surface area contributed by atoms with Gasteiger partial charge in [-0.25, -0.2) is 5.48 Å². The minimum Gasteiger partial charge on any atom is -0.381 e. The fraction of sp³-hybridized carbons (Fsp3) is 0.500. The number of hydrogen-bond acceptors (Lipinski definition) is 3. The molecule has 0 amide bonds. The predicted molar refractivity (Wildman–Crippen MR) is 57.9 cm³/mol. The molecule has 1 aliphatic heterocycles. The molecule has 0 aliphatic carbocycles. The third kappa shape index (κ3) is 2.78. The predicted octanol–water partition coefficient (Wildman–Crippen LogP) is 2.06. The summed E-state index contributed by atoms with van der Waals surface area (Å²) >= 11 is 0. The van der Waals surface area contributed by atoms with Gasteiger partial charge in [0.25, 0.3) is 0 Å². The van der Waals surface area contributed by atoms with Crippen LogP contribution in [-0.4, -0.2) is 18.4 Å². The summed E-state index contributed by atoms with van der Waals surface area (Å²) in [7, 11) is 0. The molecule has 1 aromatic rings. The van der Waals surface area contributed by atoms with Gasteiger partial charge in [-0.05, 0) is 29.9 Å². The smallest absolute Gasteiger partial charge is 0.0471 e. The Morgan fingerprint density at radius 3 is 2.87 bits per heavy atom. The lowest BCUT2D eigenvalue weighted by Crippen LogP contribution is -2.14. The largest absolute Gasteiger partial charge is 0.381 e. The van der Waals surface area contributed by atoms with Crippen LogP contribution in [0.15, 0.2) is 24.3 Å². The highest BCUT2D eigenvalue weighted by Crippen LogP contribution is 2.27. The van der Waals surface area contributed by atoms with Crippen molar-refractivity contribution in [2.45, 2.75) is 25.3 Å². The zero-order chi connectivity index (χ0) is 10.5. The molecule has 1 fully saturated rings. The summed E-state index contributed by atoms with van der Waals surface area (Å²) in [6, 6.07) is 8.40. The molecule has 3 nitrogen and oxygen atoms in total. The Morgan fingerprint density at radius 2 is 2.13 bits per heavy atom. The number of nitrogens with one attached hydrogen (secondary N) is 1. The molecular formula is C12H17NO2. The fourth-order valence-corrected chi connectivity index (χ4v) is 2.08. The maximum Gasteiger partial charge on any atom is 0.0471 e. The highest BCUT2D eigenvalue weighted by Gasteiger charge is 2.15. The molecular weight excluding hydrogens is 190 g/mol. The Kier molecular flexibility index (Phi) is 3.72. The quantitative estimate of drug-likeness (QED) is 0.745. The van der Waals surface area contributed by atoms with Gasteiger partial charge in [-0.3, -0.25) is 0 Å². The van der Waals surface area contributed by atoms with Crippen LogP contribution in [0.5, 0.6) is 0 Å². The summed E-state index contributed by atoms with van der Waals surface area (Å²) < 4.78 is 5.35. The van der Waals surface area contributed by atoms with Crippen molar-refractivity contribution in [1.29, 1.82) is 0 Å². The lowest BCUT2D eigenvalue weighted by atomic mass is 9.91. The SMILES string of the molecule is ONCc1cccc(C2CCOCC2)c1. The van der Waals surface area contributed by atoms with Crippen molar-refractivity contribution in [3.8, 4) is 0 Å². The first-order valence-electron chi connectivity index (χ1n) is 5.43. The van der Waals surface area contributed by atoms with Crippen LogP contribution in [-0.2, 0) is 11.3 Å². The van der Waals surface area contributed by atoms with Crippen LogP contribution in [0.1, 0.15) is 29.9 Å². The van der Waals surface area contributed by atoms with Gasteiger partial charge < -0.3 is 9.94 Å². The second-order valence-corrected chi connectivity index (χ2v) is 3.97. The van der Waals surface area contributed by atoms with Crippen molar-refractivity contribution in [2.24, 2.45) is 0 Å². The minimum absolute atomic E-state index is 0.511. The fourth-order valence-electron chi connectivity index (χ4n) is 2.08. The van der Waals surface area contributed by atoms with E-state index < -0.39 is 0 Å². The van der Waals surface area contributed by atoms with E-state index in [0.29, 0.717) is 12.5 Å². The molecule has 1 aliphatic rings. The standard InChI is InChI=1S/C12H17NO2/c14-13-9-10-2-1-3-12(8-10)11-4-6-15-7-5-11/h1-3,8,11,13-14H,4-7,9H2. The van der Waals surface area contributed by atoms with Crippen molar-refractivity contribution in [1.82, 2.24) is 5.48 Å². The number of hydroxylamine groups is 1. The molecule has 0 spiro atoms. The van der Waals surface area contributed by atoms with Gasteiger partial charge in [0, 0.05) is 19.8 Å². The topological polar surface area (TPSA) is 41.5 Å². The van der Waals surface area contributed by atoms with E-state index in [2.05, 4.69) is 23.7 Å². The number of hydrogen-bond donors (Lipinski definition) is 2. The first-order valence-corrected chi connectivity index (χ1v) is 5.43. The molecule has 1 aromatic carbocycles. The summed E-state index contributed by atoms with van der Waals surface area (Å²) in [5.74, 6) is 0.623. The van der Waals surface area contributed by atoms with Crippen LogP contribution in [0.2, 0.25) is 0 Å². The van der Waals surface area contributed by atoms with Crippen LogP contribution in [0.3, 0.4) is 0 Å². The van der Waals surface area contributed by atoms with E-state index in [-0.39, 0.29) is 0 Å². The van der Waals surface area contributed by atoms with Gasteiger partial charge in [0.2, 0.25) is 0 Å². The van der Waals surface area contributed by atoms with Gasteiger partial charge in [0.15, 0.2) is 0 Å². The zero-order valence-corrected chi connectivity index (χ0v) is 8.78. The Balaban J connectivity index is 2.09. The van der Waals surface area contributed by atoms with Gasteiger partial charge in [-0.1, -0.05) is 24.3 Å². The van der Waals surface area contributed by atoms with E-state index in [9.17, 15) is 0 Å². The molecule has 2 rings (SSSR count). The van der Waals surface area contributed by atoms with Crippen molar-refractivity contribution < 1.29 is 9.94 Å². The summed E-state index contributed by atoms with van der Waals surface area (Å²) in [6.07, 6.45) is 2.21. The van der Waals surface area contributed by atoms with Crippen molar-refractivity contribution >= 4 is 0 Å². The van der Waals surface area contributed by atoms with E-state index in [0.717, 1.165) is 31.6 Å². The maximum absolute atomic E-state index is 8.65. The summed E-state index contributed by atoms with van der Waals surface area (Å²) in [6.45, 7) is 2.25. The molecule has 0 atom stereocenters. The third-order valence-electron chi connectivity index (χ3n) is 2.93. The average molecular weight is 207 g/mol. The van der Waals surface area contributed by atoms with Crippen LogP contribution >= 0.6 is 0 Å². The summed E-state index contributed by atoms with van der Waals surface area (Å²) in [4.78, 5) is 0. The highest BCUT2D eigenvalue weighted by molar-refractivity contribution is 5.26. The first kappa shape index (κ1) is 10.6. The number of ether oxygens (including phenoxy) is 1. The first-order chi connectivity index (χ1) is 7.40. The monoisotopic (exact) mass is 207 g/mol. The van der Waals surface area contributed by atoms with Gasteiger partial charge in [0.05, 0.1) is 0 Å². The molecule has 1 heterocycles. The van der Waals surface area contributed by atoms with Gasteiger partial charge in [-0.2, -0.15) is 0 Å². The van der Waals surface area contributed by atoms with Crippen LogP contribution in [0.4, 0.5) is 0 Å². The molecule has 0 bridgehead atoms. The molecule has 15 heavy (non-hydrogen) atoms. The minimum atomic E-state index is 0.511. The van der Waals surface area contributed by atoms with Crippen molar-refractivity contribution in [3.63, 3.8) is 0 Å². The number of rotatable bonds is 3. The molecule has 3 heteroatoms. The Labute approximate surface area is 90.0 Å². The van der Waals surface area contributed by atoms with E-state index in [4.69, 9.17) is 9.94 Å². The zero-order valence-electron chi connectivity index (χ0n) is 8.78. The summed E-state index contributed by atoms with van der Waals surface area (Å²) in [5, 5.41) is 8.65. The Bertz CT molecular complexity index is 308. The van der Waals surface area contributed by atoms with Crippen molar-refractivity contribution in [2.75, 3.05) is 13.2 Å². The summed E-state index contributed by atoms with van der Waals surface area (Å²) in [5.41, 5.74) is 4.68. The molecule has 82 valence electrons. The normalized spacial score (nSPS) is 17.9. The van der Waals surface area contributed by atoms with E-state index in [1.54, 1.807) is 0 Å². The number of benzene rings is 1. The van der Waals surface area contributed by atoms with Gasteiger partial charge in [-0.15, -0.1) is 0 Å². The van der Waals surface area contributed by atoms with E-state index >= 15 is 0 Å². The molecule has 2 N–H and O–H groups in total. The Hall–Kier alpha value is -0.900. The molecule has 0 aromatic heterocycles. The van der Waals surface area contributed by atoms with Gasteiger partial charge >= 0.3 is 0 Å². The average Bonchev–Trinajstić information content (AvgIpc) is 2.31. The molecule has 0 radical (unpaired) electrons. The molecule has 0 unspecified atom stereocenters. The second kappa shape index (κ2) is 5.26. The van der Waals surface area contributed by atoms with Crippen LogP contribution in [0, 0.1) is 0 Å². The van der Waals surface area contributed by atoms with E-state index in [1.807, 2.05) is 6.07 Å². The van der Waals surface area contributed by atoms with Crippen LogP contribution < -0.4 is 5.48 Å². The van der Waals surface area contributed by atoms with Crippen molar-refractivity contribution in [3.05, 3.63) is 35.4 Å². The third-order valence-corrected chi connectivity index (χ3v) is 2.93. The molecule has 0 saturated carbocycles. The lowest BCUT2D eigenvalue weighted by molar-refractivity contribution is 0.0853. The van der Waals surface area contributed by atoms with E-state index in [1.165, 1.54) is 5.56 Å². The maximum atomic E-state index is 8.65. The van der Waals surface area contributed by atoms with Crippen LogP contribution in [0.25, 0.3) is 0 Å². The second-order valence-electron chi connectivity index (χ2n) is 3.97. The van der Waals surface area contributed by atoms with Gasteiger partial charge in [0.1, 0.15) is 0 Å². The molecule has 1 saturated heterocycles.